The smallest absolute Gasteiger partial charge is 0.249 e. The summed E-state index contributed by atoms with van der Waals surface area (Å²) in [5.74, 6) is 0.856. The molecule has 26 heavy (non-hydrogen) atoms. The Bertz CT molecular complexity index is 764. The molecule has 0 radical (unpaired) electrons. The number of nitrogens with one attached hydrogen (secondary N) is 1. The Morgan fingerprint density at radius 1 is 1.27 bits per heavy atom. The molecule has 0 unspecified atom stereocenters. The first kappa shape index (κ1) is 18.4. The fourth-order valence-electron chi connectivity index (χ4n) is 2.94. The third-order valence-electron chi connectivity index (χ3n) is 4.41. The monoisotopic (exact) mass is 358 g/mol. The molecular weight excluding hydrogens is 335 g/mol. The van der Waals surface area contributed by atoms with Crippen molar-refractivity contribution in [1.29, 1.82) is 0 Å². The maximum atomic E-state index is 13.0. The Kier molecular flexibility index (Phi) is 5.85. The summed E-state index contributed by atoms with van der Waals surface area (Å²) in [6, 6.07) is 11.6. The van der Waals surface area contributed by atoms with Crippen molar-refractivity contribution in [2.24, 2.45) is 5.73 Å². The van der Waals surface area contributed by atoms with Crippen molar-refractivity contribution < 1.29 is 18.7 Å². The zero-order chi connectivity index (χ0) is 18.5. The maximum absolute atomic E-state index is 13.0. The highest BCUT2D eigenvalue weighted by Gasteiger charge is 2.29. The van der Waals surface area contributed by atoms with Gasteiger partial charge in [0.25, 0.3) is 0 Å². The number of amides is 1. The minimum absolute atomic E-state index is 0.0177. The molecule has 0 aliphatic carbocycles. The molecule has 3 rings (SSSR count). The van der Waals surface area contributed by atoms with Crippen molar-refractivity contribution in [3.8, 4) is 11.5 Å². The Morgan fingerprint density at radius 2 is 2.04 bits per heavy atom. The zero-order valence-electron chi connectivity index (χ0n) is 14.7. The van der Waals surface area contributed by atoms with Gasteiger partial charge in [-0.15, -0.1) is 0 Å². The molecule has 1 fully saturated rings. The number of rotatable bonds is 6. The van der Waals surface area contributed by atoms with Crippen molar-refractivity contribution in [2.75, 3.05) is 6.54 Å². The van der Waals surface area contributed by atoms with E-state index in [-0.39, 0.29) is 17.8 Å². The first-order chi connectivity index (χ1) is 12.5. The van der Waals surface area contributed by atoms with Crippen LogP contribution in [0.3, 0.4) is 0 Å². The van der Waals surface area contributed by atoms with Gasteiger partial charge in [-0.1, -0.05) is 12.1 Å². The van der Waals surface area contributed by atoms with E-state index in [0.717, 1.165) is 17.5 Å². The summed E-state index contributed by atoms with van der Waals surface area (Å²) in [6.07, 6.45) is 1.10. The van der Waals surface area contributed by atoms with E-state index in [1.54, 1.807) is 12.1 Å². The molecule has 138 valence electrons. The van der Waals surface area contributed by atoms with E-state index in [4.69, 9.17) is 15.2 Å². The number of aryl methyl sites for hydroxylation is 1. The molecule has 2 aromatic rings. The summed E-state index contributed by atoms with van der Waals surface area (Å²) in [4.78, 5) is 12.2. The normalized spacial score (nSPS) is 19.3. The van der Waals surface area contributed by atoms with E-state index >= 15 is 0 Å². The second-order valence-electron chi connectivity index (χ2n) is 6.43. The van der Waals surface area contributed by atoms with Gasteiger partial charge in [-0.3, -0.25) is 4.79 Å². The lowest BCUT2D eigenvalue weighted by Crippen LogP contribution is -2.35. The minimum Gasteiger partial charge on any atom is -0.457 e. The maximum Gasteiger partial charge on any atom is 0.249 e. The number of hydrogen-bond donors (Lipinski definition) is 2. The largest absolute Gasteiger partial charge is 0.457 e. The van der Waals surface area contributed by atoms with Gasteiger partial charge in [0.15, 0.2) is 0 Å². The average Bonchev–Trinajstić information content (AvgIpc) is 3.13. The quantitative estimate of drug-likeness (QED) is 0.832. The van der Waals surface area contributed by atoms with Crippen LogP contribution in [-0.2, 0) is 16.1 Å². The van der Waals surface area contributed by atoms with Crippen LogP contribution in [0.15, 0.2) is 42.5 Å². The van der Waals surface area contributed by atoms with Crippen molar-refractivity contribution in [3.63, 3.8) is 0 Å². The topological polar surface area (TPSA) is 73.6 Å². The summed E-state index contributed by atoms with van der Waals surface area (Å²) in [5.41, 5.74) is 7.47. The lowest BCUT2D eigenvalue weighted by Gasteiger charge is -2.14. The Balaban J connectivity index is 1.55. The molecule has 0 bridgehead atoms. The summed E-state index contributed by atoms with van der Waals surface area (Å²) >= 11 is 0. The van der Waals surface area contributed by atoms with Crippen LogP contribution < -0.4 is 15.8 Å². The van der Waals surface area contributed by atoms with E-state index in [1.165, 1.54) is 12.1 Å². The van der Waals surface area contributed by atoms with Crippen LogP contribution in [0.5, 0.6) is 11.5 Å². The number of carbonyl (C=O) groups is 1. The van der Waals surface area contributed by atoms with Crippen molar-refractivity contribution in [1.82, 2.24) is 5.32 Å². The van der Waals surface area contributed by atoms with E-state index in [9.17, 15) is 9.18 Å². The third-order valence-corrected chi connectivity index (χ3v) is 4.41. The third kappa shape index (κ3) is 4.59. The first-order valence-electron chi connectivity index (χ1n) is 8.71. The number of nitrogens with two attached hydrogens (primary N) is 1. The highest BCUT2D eigenvalue weighted by molar-refractivity contribution is 5.81. The molecule has 1 aliphatic heterocycles. The highest BCUT2D eigenvalue weighted by Crippen LogP contribution is 2.26. The lowest BCUT2D eigenvalue weighted by molar-refractivity contribution is -0.132. The SMILES string of the molecule is Cc1cc(CNC(=O)[C@@H]2CC[C@H](CN)O2)ccc1Oc1ccc(F)cc1. The van der Waals surface area contributed by atoms with Gasteiger partial charge < -0.3 is 20.5 Å². The van der Waals surface area contributed by atoms with Gasteiger partial charge in [-0.25, -0.2) is 4.39 Å². The molecule has 6 heteroatoms. The van der Waals surface area contributed by atoms with Crippen LogP contribution in [-0.4, -0.2) is 24.7 Å². The average molecular weight is 358 g/mol. The second kappa shape index (κ2) is 8.29. The van der Waals surface area contributed by atoms with Crippen LogP contribution >= 0.6 is 0 Å². The molecule has 5 nitrogen and oxygen atoms in total. The van der Waals surface area contributed by atoms with Crippen LogP contribution in [0.1, 0.15) is 24.0 Å². The zero-order valence-corrected chi connectivity index (χ0v) is 14.7. The van der Waals surface area contributed by atoms with Gasteiger partial charge in [0.2, 0.25) is 5.91 Å². The fourth-order valence-corrected chi connectivity index (χ4v) is 2.94. The number of carbonyl (C=O) groups excluding carboxylic acids is 1. The highest BCUT2D eigenvalue weighted by atomic mass is 19.1. The van der Waals surface area contributed by atoms with Gasteiger partial charge >= 0.3 is 0 Å². The number of benzene rings is 2. The number of halogens is 1. The van der Waals surface area contributed by atoms with Gasteiger partial charge in [0, 0.05) is 13.1 Å². The van der Waals surface area contributed by atoms with E-state index < -0.39 is 6.10 Å². The molecule has 0 saturated carbocycles. The van der Waals surface area contributed by atoms with Gasteiger partial charge in [0.05, 0.1) is 6.10 Å². The molecule has 0 spiro atoms. The summed E-state index contributed by atoms with van der Waals surface area (Å²) in [6.45, 7) is 2.79. The number of hydrogen-bond acceptors (Lipinski definition) is 4. The molecule has 1 heterocycles. The van der Waals surface area contributed by atoms with Crippen molar-refractivity contribution in [2.45, 2.75) is 38.5 Å². The molecule has 2 aromatic carbocycles. The van der Waals surface area contributed by atoms with Crippen molar-refractivity contribution in [3.05, 3.63) is 59.4 Å². The van der Waals surface area contributed by atoms with Crippen molar-refractivity contribution >= 4 is 5.91 Å². The van der Waals surface area contributed by atoms with E-state index in [0.29, 0.717) is 31.0 Å². The Labute approximate surface area is 152 Å². The lowest BCUT2D eigenvalue weighted by atomic mass is 10.1. The molecular formula is C20H23FN2O3. The van der Waals surface area contributed by atoms with Gasteiger partial charge in [0.1, 0.15) is 23.4 Å². The van der Waals surface area contributed by atoms with Crippen LogP contribution in [0.2, 0.25) is 0 Å². The van der Waals surface area contributed by atoms with E-state index in [2.05, 4.69) is 5.32 Å². The predicted molar refractivity (Wildman–Crippen MR) is 96.4 cm³/mol. The summed E-state index contributed by atoms with van der Waals surface area (Å²) < 4.78 is 24.3. The second-order valence-corrected chi connectivity index (χ2v) is 6.43. The van der Waals surface area contributed by atoms with Crippen LogP contribution in [0, 0.1) is 12.7 Å². The van der Waals surface area contributed by atoms with Gasteiger partial charge in [-0.05, 0) is 61.2 Å². The van der Waals surface area contributed by atoms with Crippen LogP contribution in [0.25, 0.3) is 0 Å². The number of ether oxygens (including phenoxy) is 2. The van der Waals surface area contributed by atoms with E-state index in [1.807, 2.05) is 25.1 Å². The Morgan fingerprint density at radius 3 is 2.69 bits per heavy atom. The summed E-state index contributed by atoms with van der Waals surface area (Å²) in [5, 5.41) is 2.90. The molecule has 2 atom stereocenters. The molecule has 0 aromatic heterocycles. The molecule has 1 saturated heterocycles. The molecule has 1 aliphatic rings. The Hall–Kier alpha value is -2.44. The fraction of sp³-hybridized carbons (Fsp3) is 0.350. The van der Waals surface area contributed by atoms with Gasteiger partial charge in [-0.2, -0.15) is 0 Å². The predicted octanol–water partition coefficient (Wildman–Crippen LogP) is 3.05. The first-order valence-corrected chi connectivity index (χ1v) is 8.71. The minimum atomic E-state index is -0.411. The summed E-state index contributed by atoms with van der Waals surface area (Å²) in [7, 11) is 0. The molecule has 1 amide bonds. The molecule has 3 N–H and O–H groups in total. The van der Waals surface area contributed by atoms with Crippen LogP contribution in [0.4, 0.5) is 4.39 Å². The standard InChI is InChI=1S/C20H23FN2O3/c1-13-10-14(12-23-20(24)19-9-7-17(11-22)26-19)2-8-18(13)25-16-5-3-15(21)4-6-16/h2-6,8,10,17,19H,7,9,11-12,22H2,1H3,(H,23,24)/t17-,19+/m1/s1.